The third-order valence-corrected chi connectivity index (χ3v) is 7.91. The average molecular weight is 285 g/mol. The van der Waals surface area contributed by atoms with Crippen LogP contribution in [0.4, 0.5) is 0 Å². The molecule has 0 amide bonds. The normalized spacial score (nSPS) is 10.3. The summed E-state index contributed by atoms with van der Waals surface area (Å²) in [6.07, 6.45) is 0. The molecule has 0 heterocycles. The molecule has 1 aromatic carbocycles. The molecule has 2 N–H and O–H groups in total. The largest absolute Gasteiger partial charge is 0.497 e. The molecule has 0 saturated carbocycles. The van der Waals surface area contributed by atoms with E-state index in [1.54, 1.807) is 7.11 Å². The van der Waals surface area contributed by atoms with Crippen molar-refractivity contribution < 1.29 is 10.2 Å². The van der Waals surface area contributed by atoms with Crippen molar-refractivity contribution in [3.05, 3.63) is 30.3 Å². The van der Waals surface area contributed by atoms with E-state index in [1.807, 2.05) is 30.3 Å². The lowest BCUT2D eigenvalue weighted by Gasteiger charge is -2.26. The first-order valence-corrected chi connectivity index (χ1v) is 8.99. The molecule has 0 saturated heterocycles. The fraction of sp³-hybridized carbons (Fsp3) is 0.625. The van der Waals surface area contributed by atoms with E-state index >= 15 is 0 Å². The number of methoxy groups -OCH3 is 1. The molecular weight excluding hydrogens is 252 g/mol. The molecule has 0 aliphatic rings. The zero-order chi connectivity index (χ0) is 14.1. The highest BCUT2D eigenvalue weighted by molar-refractivity contribution is 6.63. The second-order valence-corrected chi connectivity index (χ2v) is 11.0. The van der Waals surface area contributed by atoms with Crippen LogP contribution in [0.2, 0.25) is 16.6 Å². The number of ether oxygens (including phenoxy) is 1. The lowest BCUT2D eigenvalue weighted by molar-refractivity contribution is 0.415. The molecule has 2 nitrogen and oxygen atoms in total. The summed E-state index contributed by atoms with van der Waals surface area (Å²) < 4.78 is 4.91. The lowest BCUT2D eigenvalue weighted by Crippen LogP contribution is -2.24. The van der Waals surface area contributed by atoms with Crippen LogP contribution in [0.5, 0.6) is 5.75 Å². The highest BCUT2D eigenvalue weighted by Crippen LogP contribution is 2.28. The number of hydrogen-bond donors (Lipinski definition) is 0. The highest BCUT2D eigenvalue weighted by atomic mass is 28.3. The third-order valence-electron chi connectivity index (χ3n) is 3.29. The highest BCUT2D eigenvalue weighted by Gasteiger charge is 2.22. The maximum Gasteiger partial charge on any atom is 0.118 e. The molecule has 1 rings (SSSR count). The fourth-order valence-corrected chi connectivity index (χ4v) is 7.48. The van der Waals surface area contributed by atoms with Crippen LogP contribution in [0.3, 0.4) is 0 Å². The quantitative estimate of drug-likeness (QED) is 0.759. The van der Waals surface area contributed by atoms with Crippen molar-refractivity contribution in [3.63, 3.8) is 0 Å². The lowest BCUT2D eigenvalue weighted by atomic mass is 10.3. The first-order valence-electron chi connectivity index (χ1n) is 6.99. The molecule has 0 fully saturated rings. The van der Waals surface area contributed by atoms with Crippen molar-refractivity contribution in [2.24, 2.45) is 0 Å². The second-order valence-electron chi connectivity index (χ2n) is 5.83. The Labute approximate surface area is 121 Å². The average Bonchev–Trinajstić information content (AvgIpc) is 2.29. The van der Waals surface area contributed by atoms with Crippen molar-refractivity contribution in [3.8, 4) is 5.75 Å². The van der Waals surface area contributed by atoms with Crippen molar-refractivity contribution in [1.29, 1.82) is 0 Å². The van der Waals surface area contributed by atoms with E-state index in [4.69, 9.17) is 4.74 Å². The summed E-state index contributed by atoms with van der Waals surface area (Å²) in [5.41, 5.74) is 2.92. The van der Waals surface area contributed by atoms with E-state index in [1.165, 1.54) is 0 Å². The monoisotopic (exact) mass is 284 g/mol. The summed E-state index contributed by atoms with van der Waals surface area (Å²) in [6.45, 7) is 14.3. The molecule has 0 unspecified atom stereocenters. The molecule has 112 valence electrons. The second kappa shape index (κ2) is 11.1. The third kappa shape index (κ3) is 8.84. The Morgan fingerprint density at radius 1 is 0.789 bits per heavy atom. The van der Waals surface area contributed by atoms with Gasteiger partial charge in [-0.05, 0) is 12.1 Å². The Bertz CT molecular complexity index is 278. The van der Waals surface area contributed by atoms with Gasteiger partial charge in [0.25, 0.3) is 0 Å². The molecule has 0 spiro atoms. The van der Waals surface area contributed by atoms with Crippen molar-refractivity contribution >= 4 is 8.80 Å². The fourth-order valence-electron chi connectivity index (χ4n) is 2.87. The standard InChI is InChI=1S/C9H22Si.C7H8O.H2O/c1-7(2)10(8(3)4)9(5)6;1-8-7-5-3-2-4-6-7;/h7-10H,1-6H3;2-6H,1H3;1H2. The zero-order valence-corrected chi connectivity index (χ0v) is 14.8. The summed E-state index contributed by atoms with van der Waals surface area (Å²) in [5.74, 6) is 0.910. The Balaban J connectivity index is 0. The van der Waals surface area contributed by atoms with E-state index < -0.39 is 8.80 Å². The zero-order valence-electron chi connectivity index (χ0n) is 13.6. The minimum Gasteiger partial charge on any atom is -0.497 e. The molecule has 0 aliphatic heterocycles. The topological polar surface area (TPSA) is 40.7 Å². The number of para-hydroxylation sites is 1. The van der Waals surface area contributed by atoms with Crippen LogP contribution in [0.1, 0.15) is 41.5 Å². The molecule has 0 aromatic heterocycles. The SMILES string of the molecule is CC(C)[SiH](C(C)C)C(C)C.COc1ccccc1.O. The molecule has 0 aliphatic carbocycles. The van der Waals surface area contributed by atoms with Crippen molar-refractivity contribution in [2.75, 3.05) is 7.11 Å². The van der Waals surface area contributed by atoms with E-state index in [-0.39, 0.29) is 5.48 Å². The maximum atomic E-state index is 4.91. The maximum absolute atomic E-state index is 4.91. The molecule has 19 heavy (non-hydrogen) atoms. The predicted octanol–water partition coefficient (Wildman–Crippen LogP) is 4.31. The van der Waals surface area contributed by atoms with Crippen LogP contribution in [-0.4, -0.2) is 21.4 Å². The van der Waals surface area contributed by atoms with Gasteiger partial charge in [0.2, 0.25) is 0 Å². The van der Waals surface area contributed by atoms with Crippen LogP contribution in [0.15, 0.2) is 30.3 Å². The van der Waals surface area contributed by atoms with Gasteiger partial charge in [-0.15, -0.1) is 0 Å². The van der Waals surface area contributed by atoms with Crippen LogP contribution in [-0.2, 0) is 0 Å². The van der Waals surface area contributed by atoms with Crippen LogP contribution >= 0.6 is 0 Å². The molecular formula is C16H32O2Si. The number of hydrogen-bond acceptors (Lipinski definition) is 1. The smallest absolute Gasteiger partial charge is 0.118 e. The molecule has 0 bridgehead atoms. The molecule has 3 heteroatoms. The van der Waals surface area contributed by atoms with E-state index in [0.29, 0.717) is 0 Å². The van der Waals surface area contributed by atoms with Crippen molar-refractivity contribution in [2.45, 2.75) is 58.2 Å². The van der Waals surface area contributed by atoms with Gasteiger partial charge in [-0.3, -0.25) is 0 Å². The summed E-state index contributed by atoms with van der Waals surface area (Å²) in [5, 5.41) is 0. The Morgan fingerprint density at radius 2 is 1.16 bits per heavy atom. The first-order chi connectivity index (χ1) is 8.40. The van der Waals surface area contributed by atoms with Crippen LogP contribution < -0.4 is 4.74 Å². The molecule has 0 radical (unpaired) electrons. The Hall–Kier alpha value is -0.803. The molecule has 1 aromatic rings. The van der Waals surface area contributed by atoms with Gasteiger partial charge in [0.1, 0.15) is 5.75 Å². The van der Waals surface area contributed by atoms with Gasteiger partial charge >= 0.3 is 0 Å². The minimum atomic E-state index is -0.454. The van der Waals surface area contributed by atoms with Gasteiger partial charge in [0.05, 0.1) is 7.11 Å². The summed E-state index contributed by atoms with van der Waals surface area (Å²) in [6, 6.07) is 9.68. The number of benzene rings is 1. The van der Waals surface area contributed by atoms with Gasteiger partial charge in [-0.1, -0.05) is 76.4 Å². The van der Waals surface area contributed by atoms with E-state index in [0.717, 1.165) is 22.4 Å². The van der Waals surface area contributed by atoms with Gasteiger partial charge in [-0.25, -0.2) is 0 Å². The summed E-state index contributed by atoms with van der Waals surface area (Å²) in [7, 11) is 1.21. The summed E-state index contributed by atoms with van der Waals surface area (Å²) in [4.78, 5) is 0. The first kappa shape index (κ1) is 20.5. The van der Waals surface area contributed by atoms with E-state index in [2.05, 4.69) is 41.5 Å². The van der Waals surface area contributed by atoms with Crippen molar-refractivity contribution in [1.82, 2.24) is 0 Å². The predicted molar refractivity (Wildman–Crippen MR) is 89.1 cm³/mol. The number of rotatable bonds is 4. The van der Waals surface area contributed by atoms with Gasteiger partial charge < -0.3 is 10.2 Å². The minimum absolute atomic E-state index is 0. The van der Waals surface area contributed by atoms with Gasteiger partial charge in [0.15, 0.2) is 0 Å². The van der Waals surface area contributed by atoms with Gasteiger partial charge in [-0.2, -0.15) is 0 Å². The van der Waals surface area contributed by atoms with Crippen LogP contribution in [0, 0.1) is 0 Å². The van der Waals surface area contributed by atoms with Crippen LogP contribution in [0.25, 0.3) is 0 Å². The summed E-state index contributed by atoms with van der Waals surface area (Å²) >= 11 is 0. The molecule has 0 atom stereocenters. The Morgan fingerprint density at radius 3 is 1.32 bits per heavy atom. The Kier molecular flexibility index (Phi) is 11.9. The van der Waals surface area contributed by atoms with E-state index in [9.17, 15) is 0 Å². The van der Waals surface area contributed by atoms with Gasteiger partial charge in [0, 0.05) is 8.80 Å².